The Labute approximate surface area is 95.4 Å². The van der Waals surface area contributed by atoms with E-state index < -0.39 is 0 Å². The molecule has 88 valence electrons. The Balaban J connectivity index is 2.12. The van der Waals surface area contributed by atoms with Gasteiger partial charge in [-0.15, -0.1) is 0 Å². The number of ether oxygens (including phenoxy) is 1. The van der Waals surface area contributed by atoms with Crippen molar-refractivity contribution in [3.05, 3.63) is 11.9 Å². The molecule has 2 rings (SSSR count). The summed E-state index contributed by atoms with van der Waals surface area (Å²) in [6.07, 6.45) is 2.33. The Kier molecular flexibility index (Phi) is 3.24. The summed E-state index contributed by atoms with van der Waals surface area (Å²) in [6, 6.07) is 1.73. The topological polar surface area (TPSA) is 73.1 Å². The molecule has 0 aliphatic heterocycles. The summed E-state index contributed by atoms with van der Waals surface area (Å²) < 4.78 is 5.58. The first kappa shape index (κ1) is 11.1. The molecule has 0 bridgehead atoms. The highest BCUT2D eigenvalue weighted by Gasteiger charge is 2.27. The number of anilines is 1. The van der Waals surface area contributed by atoms with Crippen LogP contribution < -0.4 is 16.0 Å². The molecule has 1 aromatic heterocycles. The number of nitrogens with zero attached hydrogens (tertiary/aromatic N) is 2. The van der Waals surface area contributed by atoms with E-state index in [-0.39, 0.29) is 0 Å². The molecular formula is C11H18N4O. The van der Waals surface area contributed by atoms with Crippen molar-refractivity contribution in [2.24, 2.45) is 11.8 Å². The maximum Gasteiger partial charge on any atom is 0.218 e. The second-order valence-corrected chi connectivity index (χ2v) is 4.57. The summed E-state index contributed by atoms with van der Waals surface area (Å²) in [4.78, 5) is 8.70. The molecule has 0 saturated heterocycles. The molecule has 0 aromatic carbocycles. The quantitative estimate of drug-likeness (QED) is 0.585. The second-order valence-electron chi connectivity index (χ2n) is 4.57. The average molecular weight is 222 g/mol. The maximum atomic E-state index is 5.58. The van der Waals surface area contributed by atoms with Gasteiger partial charge >= 0.3 is 0 Å². The van der Waals surface area contributed by atoms with Crippen molar-refractivity contribution < 1.29 is 4.74 Å². The predicted octanol–water partition coefficient (Wildman–Crippen LogP) is 1.67. The molecule has 0 unspecified atom stereocenters. The summed E-state index contributed by atoms with van der Waals surface area (Å²) in [5.74, 6) is 8.42. The first-order chi connectivity index (χ1) is 7.69. The van der Waals surface area contributed by atoms with E-state index in [1.807, 2.05) is 0 Å². The molecule has 1 heterocycles. The highest BCUT2D eigenvalue weighted by Crippen LogP contribution is 2.39. The Morgan fingerprint density at radius 1 is 1.50 bits per heavy atom. The lowest BCUT2D eigenvalue weighted by Gasteiger charge is -2.10. The van der Waals surface area contributed by atoms with Crippen molar-refractivity contribution in [3.8, 4) is 5.88 Å². The first-order valence-corrected chi connectivity index (χ1v) is 5.67. The van der Waals surface area contributed by atoms with Gasteiger partial charge in [0.15, 0.2) is 0 Å². The molecule has 3 N–H and O–H groups in total. The van der Waals surface area contributed by atoms with Gasteiger partial charge in [-0.3, -0.25) is 0 Å². The fraction of sp³-hybridized carbons (Fsp3) is 0.636. The summed E-state index contributed by atoms with van der Waals surface area (Å²) in [5.41, 5.74) is 2.55. The standard InChI is InChI=1S/C11H18N4O/c1-7(2)6-16-10-5-9(15-12)13-11(14-10)8-3-4-8/h5,7-8H,3-4,6,12H2,1-2H3,(H,13,14,15). The highest BCUT2D eigenvalue weighted by atomic mass is 16.5. The fourth-order valence-corrected chi connectivity index (χ4v) is 1.37. The minimum Gasteiger partial charge on any atom is -0.477 e. The fourth-order valence-electron chi connectivity index (χ4n) is 1.37. The number of nitrogens with two attached hydrogens (primary N) is 1. The summed E-state index contributed by atoms with van der Waals surface area (Å²) in [5, 5.41) is 0. The van der Waals surface area contributed by atoms with Crippen LogP contribution in [0.5, 0.6) is 5.88 Å². The van der Waals surface area contributed by atoms with Crippen molar-refractivity contribution >= 4 is 5.82 Å². The Hall–Kier alpha value is -1.36. The normalized spacial score (nSPS) is 15.2. The van der Waals surface area contributed by atoms with Gasteiger partial charge in [-0.25, -0.2) is 10.8 Å². The Morgan fingerprint density at radius 3 is 2.81 bits per heavy atom. The van der Waals surface area contributed by atoms with Gasteiger partial charge in [-0.2, -0.15) is 4.98 Å². The molecule has 1 aromatic rings. The monoisotopic (exact) mass is 222 g/mol. The minimum absolute atomic E-state index is 0.480. The molecule has 1 saturated carbocycles. The van der Waals surface area contributed by atoms with Crippen LogP contribution in [0.4, 0.5) is 5.82 Å². The van der Waals surface area contributed by atoms with E-state index in [1.165, 1.54) is 0 Å². The number of hydrogen-bond donors (Lipinski definition) is 2. The average Bonchev–Trinajstić information content (AvgIpc) is 3.09. The second kappa shape index (κ2) is 4.65. The molecule has 0 atom stereocenters. The van der Waals surface area contributed by atoms with E-state index in [0.29, 0.717) is 30.1 Å². The van der Waals surface area contributed by atoms with Gasteiger partial charge in [0.1, 0.15) is 11.6 Å². The van der Waals surface area contributed by atoms with Crippen molar-refractivity contribution in [3.63, 3.8) is 0 Å². The molecule has 5 nitrogen and oxygen atoms in total. The molecule has 0 amide bonds. The van der Waals surface area contributed by atoms with Crippen LogP contribution in [0.3, 0.4) is 0 Å². The maximum absolute atomic E-state index is 5.58. The van der Waals surface area contributed by atoms with Crippen LogP contribution in [0.25, 0.3) is 0 Å². The lowest BCUT2D eigenvalue weighted by Crippen LogP contribution is -2.12. The van der Waals surface area contributed by atoms with Gasteiger partial charge < -0.3 is 10.2 Å². The molecule has 1 aliphatic rings. The zero-order valence-electron chi connectivity index (χ0n) is 9.73. The lowest BCUT2D eigenvalue weighted by molar-refractivity contribution is 0.260. The van der Waals surface area contributed by atoms with Crippen LogP contribution in [0, 0.1) is 5.92 Å². The van der Waals surface area contributed by atoms with E-state index in [2.05, 4.69) is 29.2 Å². The van der Waals surface area contributed by atoms with E-state index in [1.54, 1.807) is 6.07 Å². The zero-order valence-corrected chi connectivity index (χ0v) is 9.73. The highest BCUT2D eigenvalue weighted by molar-refractivity contribution is 5.38. The largest absolute Gasteiger partial charge is 0.477 e. The zero-order chi connectivity index (χ0) is 11.5. The Morgan fingerprint density at radius 2 is 2.25 bits per heavy atom. The molecule has 1 fully saturated rings. The van der Waals surface area contributed by atoms with E-state index in [0.717, 1.165) is 18.7 Å². The van der Waals surface area contributed by atoms with Gasteiger partial charge in [-0.1, -0.05) is 13.8 Å². The smallest absolute Gasteiger partial charge is 0.218 e. The van der Waals surface area contributed by atoms with Crippen LogP contribution in [0.2, 0.25) is 0 Å². The van der Waals surface area contributed by atoms with Crippen molar-refractivity contribution in [2.75, 3.05) is 12.0 Å². The van der Waals surface area contributed by atoms with Crippen molar-refractivity contribution in [2.45, 2.75) is 32.6 Å². The molecule has 16 heavy (non-hydrogen) atoms. The van der Waals surface area contributed by atoms with Crippen LogP contribution in [0.1, 0.15) is 38.4 Å². The third kappa shape index (κ3) is 2.82. The summed E-state index contributed by atoms with van der Waals surface area (Å²) >= 11 is 0. The summed E-state index contributed by atoms with van der Waals surface area (Å²) in [6.45, 7) is 4.86. The van der Waals surface area contributed by atoms with Gasteiger partial charge in [0, 0.05) is 12.0 Å². The van der Waals surface area contributed by atoms with E-state index in [4.69, 9.17) is 10.6 Å². The lowest BCUT2D eigenvalue weighted by atomic mass is 10.2. The predicted molar refractivity (Wildman–Crippen MR) is 62.2 cm³/mol. The molecule has 0 spiro atoms. The van der Waals surface area contributed by atoms with Crippen LogP contribution in [-0.2, 0) is 0 Å². The van der Waals surface area contributed by atoms with Crippen LogP contribution in [0.15, 0.2) is 6.07 Å². The number of hydrogen-bond acceptors (Lipinski definition) is 5. The van der Waals surface area contributed by atoms with Gasteiger partial charge in [0.05, 0.1) is 6.61 Å². The molecule has 5 heteroatoms. The number of rotatable bonds is 5. The van der Waals surface area contributed by atoms with E-state index in [9.17, 15) is 0 Å². The van der Waals surface area contributed by atoms with Gasteiger partial charge in [0.25, 0.3) is 0 Å². The molecular weight excluding hydrogens is 204 g/mol. The molecule has 0 radical (unpaired) electrons. The van der Waals surface area contributed by atoms with Gasteiger partial charge in [-0.05, 0) is 18.8 Å². The number of nitrogens with one attached hydrogen (secondary N) is 1. The first-order valence-electron chi connectivity index (χ1n) is 5.67. The third-order valence-electron chi connectivity index (χ3n) is 2.37. The van der Waals surface area contributed by atoms with Crippen LogP contribution in [-0.4, -0.2) is 16.6 Å². The number of aromatic nitrogens is 2. The van der Waals surface area contributed by atoms with E-state index >= 15 is 0 Å². The number of hydrazine groups is 1. The SMILES string of the molecule is CC(C)COc1cc(NN)nc(C2CC2)n1. The van der Waals surface area contributed by atoms with Gasteiger partial charge in [0.2, 0.25) is 5.88 Å². The number of nitrogen functional groups attached to an aromatic ring is 1. The van der Waals surface area contributed by atoms with Crippen LogP contribution >= 0.6 is 0 Å². The minimum atomic E-state index is 0.480. The Bertz CT molecular complexity index is 363. The van der Waals surface area contributed by atoms with Crippen molar-refractivity contribution in [1.82, 2.24) is 9.97 Å². The van der Waals surface area contributed by atoms with Crippen molar-refractivity contribution in [1.29, 1.82) is 0 Å². The molecule has 1 aliphatic carbocycles. The summed E-state index contributed by atoms with van der Waals surface area (Å²) in [7, 11) is 0. The third-order valence-corrected chi connectivity index (χ3v) is 2.37.